The van der Waals surface area contributed by atoms with Crippen molar-refractivity contribution in [3.63, 3.8) is 0 Å². The number of amides is 1. The van der Waals surface area contributed by atoms with Gasteiger partial charge in [0.25, 0.3) is 11.5 Å². The van der Waals surface area contributed by atoms with Crippen LogP contribution in [-0.2, 0) is 0 Å². The Morgan fingerprint density at radius 1 is 1.60 bits per heavy atom. The number of carbonyl (C=O) groups is 1. The van der Waals surface area contributed by atoms with Crippen LogP contribution < -0.4 is 10.9 Å². The molecule has 0 aliphatic carbocycles. The third-order valence-corrected chi connectivity index (χ3v) is 1.91. The minimum atomic E-state index is -0.737. The van der Waals surface area contributed by atoms with Crippen LogP contribution >= 0.6 is 0 Å². The van der Waals surface area contributed by atoms with Gasteiger partial charge in [-0.25, -0.2) is 0 Å². The number of aromatic nitrogens is 1. The molecule has 1 rings (SSSR count). The molecule has 0 unspecified atom stereocenters. The lowest BCUT2D eigenvalue weighted by molar-refractivity contribution is 0.0868. The number of hydrogen-bond donors (Lipinski definition) is 3. The van der Waals surface area contributed by atoms with E-state index in [1.165, 1.54) is 12.3 Å². The largest absolute Gasteiger partial charge is 0.394 e. The molecule has 0 fully saturated rings. The molecule has 0 saturated heterocycles. The first-order valence-corrected chi connectivity index (χ1v) is 4.57. The summed E-state index contributed by atoms with van der Waals surface area (Å²) in [5.74, 6) is -0.490. The Labute approximate surface area is 87.1 Å². The van der Waals surface area contributed by atoms with E-state index in [-0.39, 0.29) is 12.2 Å². The summed E-state index contributed by atoms with van der Waals surface area (Å²) in [6, 6.07) is 3.00. The highest BCUT2D eigenvalue weighted by Crippen LogP contribution is 2.01. The molecule has 15 heavy (non-hydrogen) atoms. The quantitative estimate of drug-likeness (QED) is 0.650. The molecule has 1 heterocycles. The second-order valence-corrected chi connectivity index (χ2v) is 3.91. The van der Waals surface area contributed by atoms with Gasteiger partial charge in [-0.3, -0.25) is 9.59 Å². The van der Waals surface area contributed by atoms with E-state index in [0.717, 1.165) is 0 Å². The number of aromatic amines is 1. The Balaban J connectivity index is 2.88. The zero-order valence-electron chi connectivity index (χ0n) is 8.70. The minimum absolute atomic E-state index is 0.0408. The number of carbonyl (C=O) groups excluding carboxylic acids is 1. The summed E-state index contributed by atoms with van der Waals surface area (Å²) in [6.07, 6.45) is 1.45. The Kier molecular flexibility index (Phi) is 3.26. The highest BCUT2D eigenvalue weighted by Gasteiger charge is 2.21. The van der Waals surface area contributed by atoms with Crippen LogP contribution in [-0.4, -0.2) is 28.1 Å². The van der Waals surface area contributed by atoms with Crippen molar-refractivity contribution in [3.8, 4) is 0 Å². The van der Waals surface area contributed by atoms with Gasteiger partial charge in [0, 0.05) is 6.20 Å². The maximum Gasteiger partial charge on any atom is 0.260 e. The molecule has 0 bridgehead atoms. The van der Waals surface area contributed by atoms with Gasteiger partial charge in [-0.2, -0.15) is 0 Å². The average molecular weight is 210 g/mol. The Morgan fingerprint density at radius 3 is 2.80 bits per heavy atom. The number of H-pyrrole nitrogens is 1. The average Bonchev–Trinajstić information content (AvgIpc) is 2.17. The standard InChI is InChI=1S/C10H14N2O3/c1-10(2,6-13)12-9(15)7-4-3-5-11-8(7)14/h3-5,13H,6H2,1-2H3,(H,11,14)(H,12,15). The molecule has 1 aromatic rings. The monoisotopic (exact) mass is 210 g/mol. The fourth-order valence-corrected chi connectivity index (χ4v) is 1.01. The predicted molar refractivity (Wildman–Crippen MR) is 55.7 cm³/mol. The first-order valence-electron chi connectivity index (χ1n) is 4.57. The van der Waals surface area contributed by atoms with E-state index in [1.54, 1.807) is 19.9 Å². The molecule has 0 aliphatic rings. The van der Waals surface area contributed by atoms with Gasteiger partial charge >= 0.3 is 0 Å². The second kappa shape index (κ2) is 4.27. The van der Waals surface area contributed by atoms with Crippen molar-refractivity contribution in [2.75, 3.05) is 6.61 Å². The van der Waals surface area contributed by atoms with E-state index in [0.29, 0.717) is 0 Å². The molecule has 0 radical (unpaired) electrons. The van der Waals surface area contributed by atoms with Crippen LogP contribution in [0.1, 0.15) is 24.2 Å². The van der Waals surface area contributed by atoms with Crippen molar-refractivity contribution in [3.05, 3.63) is 34.2 Å². The molecule has 82 valence electrons. The van der Waals surface area contributed by atoms with Gasteiger partial charge in [0.2, 0.25) is 0 Å². The van der Waals surface area contributed by atoms with Crippen LogP contribution in [0.15, 0.2) is 23.1 Å². The molecule has 1 amide bonds. The number of aliphatic hydroxyl groups excluding tert-OH is 1. The molecule has 0 aliphatic heterocycles. The summed E-state index contributed by atoms with van der Waals surface area (Å²) in [4.78, 5) is 25.3. The molecule has 0 spiro atoms. The third-order valence-electron chi connectivity index (χ3n) is 1.91. The van der Waals surface area contributed by atoms with E-state index in [1.807, 2.05) is 0 Å². The van der Waals surface area contributed by atoms with Crippen molar-refractivity contribution >= 4 is 5.91 Å². The summed E-state index contributed by atoms with van der Waals surface area (Å²) in [6.45, 7) is 3.15. The van der Waals surface area contributed by atoms with E-state index >= 15 is 0 Å². The SMILES string of the molecule is CC(C)(CO)NC(=O)c1ccc[nH]c1=O. The zero-order chi connectivity index (χ0) is 11.5. The van der Waals surface area contributed by atoms with E-state index in [9.17, 15) is 9.59 Å². The van der Waals surface area contributed by atoms with Crippen LogP contribution in [0, 0.1) is 0 Å². The maximum absolute atomic E-state index is 11.6. The molecule has 1 aromatic heterocycles. The fraction of sp³-hybridized carbons (Fsp3) is 0.400. The van der Waals surface area contributed by atoms with Crippen molar-refractivity contribution < 1.29 is 9.90 Å². The van der Waals surface area contributed by atoms with E-state index in [2.05, 4.69) is 10.3 Å². The van der Waals surface area contributed by atoms with Gasteiger partial charge < -0.3 is 15.4 Å². The van der Waals surface area contributed by atoms with Crippen LogP contribution in [0.25, 0.3) is 0 Å². The smallest absolute Gasteiger partial charge is 0.260 e. The third kappa shape index (κ3) is 2.92. The zero-order valence-corrected chi connectivity index (χ0v) is 8.70. The Morgan fingerprint density at radius 2 is 2.27 bits per heavy atom. The second-order valence-electron chi connectivity index (χ2n) is 3.91. The normalized spacial score (nSPS) is 11.1. The molecular weight excluding hydrogens is 196 g/mol. The molecule has 0 saturated carbocycles. The predicted octanol–water partition coefficient (Wildman–Crippen LogP) is -0.124. The Bertz CT molecular complexity index is 409. The lowest BCUT2D eigenvalue weighted by Crippen LogP contribution is -2.47. The highest BCUT2D eigenvalue weighted by atomic mass is 16.3. The summed E-state index contributed by atoms with van der Waals surface area (Å²) in [7, 11) is 0. The molecule has 5 nitrogen and oxygen atoms in total. The van der Waals surface area contributed by atoms with Crippen molar-refractivity contribution in [1.29, 1.82) is 0 Å². The highest BCUT2D eigenvalue weighted by molar-refractivity contribution is 5.94. The van der Waals surface area contributed by atoms with Gasteiger partial charge in [-0.05, 0) is 26.0 Å². The fourth-order valence-electron chi connectivity index (χ4n) is 1.01. The van der Waals surface area contributed by atoms with Gasteiger partial charge in [0.15, 0.2) is 0 Å². The molecule has 0 aromatic carbocycles. The van der Waals surface area contributed by atoms with Crippen LogP contribution in [0.2, 0.25) is 0 Å². The van der Waals surface area contributed by atoms with Gasteiger partial charge in [0.1, 0.15) is 5.56 Å². The van der Waals surface area contributed by atoms with Gasteiger partial charge in [-0.1, -0.05) is 0 Å². The topological polar surface area (TPSA) is 82.2 Å². The number of pyridine rings is 1. The minimum Gasteiger partial charge on any atom is -0.394 e. The molecule has 0 atom stereocenters. The summed E-state index contributed by atoms with van der Waals surface area (Å²) in [5.41, 5.74) is -1.14. The molecule has 5 heteroatoms. The van der Waals surface area contributed by atoms with Crippen molar-refractivity contribution in [2.45, 2.75) is 19.4 Å². The van der Waals surface area contributed by atoms with Gasteiger partial charge in [-0.15, -0.1) is 0 Å². The Hall–Kier alpha value is -1.62. The van der Waals surface area contributed by atoms with E-state index < -0.39 is 17.0 Å². The van der Waals surface area contributed by atoms with Crippen molar-refractivity contribution in [1.82, 2.24) is 10.3 Å². The maximum atomic E-state index is 11.6. The summed E-state index contributed by atoms with van der Waals surface area (Å²) >= 11 is 0. The van der Waals surface area contributed by atoms with Crippen LogP contribution in [0.4, 0.5) is 0 Å². The summed E-state index contributed by atoms with van der Waals surface area (Å²) < 4.78 is 0. The summed E-state index contributed by atoms with van der Waals surface area (Å²) in [5, 5.41) is 11.5. The number of hydrogen-bond acceptors (Lipinski definition) is 3. The first kappa shape index (κ1) is 11.5. The van der Waals surface area contributed by atoms with Crippen molar-refractivity contribution in [2.24, 2.45) is 0 Å². The number of rotatable bonds is 3. The molecular formula is C10H14N2O3. The first-order chi connectivity index (χ1) is 6.96. The molecule has 3 N–H and O–H groups in total. The number of aliphatic hydroxyl groups is 1. The number of nitrogens with one attached hydrogen (secondary N) is 2. The van der Waals surface area contributed by atoms with Gasteiger partial charge in [0.05, 0.1) is 12.1 Å². The van der Waals surface area contributed by atoms with E-state index in [4.69, 9.17) is 5.11 Å². The van der Waals surface area contributed by atoms with Crippen LogP contribution in [0.3, 0.4) is 0 Å². The lowest BCUT2D eigenvalue weighted by atomic mass is 10.1. The van der Waals surface area contributed by atoms with Crippen LogP contribution in [0.5, 0.6) is 0 Å². The lowest BCUT2D eigenvalue weighted by Gasteiger charge is -2.23.